The van der Waals surface area contributed by atoms with Crippen LogP contribution in [0, 0.1) is 0 Å². The van der Waals surface area contributed by atoms with Crippen molar-refractivity contribution in [1.82, 2.24) is 14.3 Å². The second-order valence-corrected chi connectivity index (χ2v) is 14.0. The molecule has 1 aromatic carbocycles. The van der Waals surface area contributed by atoms with E-state index in [1.165, 1.54) is 28.2 Å². The minimum absolute atomic E-state index is 0.00537. The molecule has 0 saturated carbocycles. The van der Waals surface area contributed by atoms with E-state index >= 15 is 0 Å². The van der Waals surface area contributed by atoms with Gasteiger partial charge in [0.05, 0.1) is 12.2 Å². The molecule has 1 amide bonds. The van der Waals surface area contributed by atoms with Crippen molar-refractivity contribution in [1.29, 1.82) is 0 Å². The molecule has 0 bridgehead atoms. The normalized spacial score (nSPS) is 12.3. The molecule has 11 heteroatoms. The number of carboxylic acids is 1. The number of ether oxygens (including phenoxy) is 1. The Labute approximate surface area is 254 Å². The van der Waals surface area contributed by atoms with Crippen molar-refractivity contribution in [2.24, 2.45) is 0 Å². The van der Waals surface area contributed by atoms with Crippen molar-refractivity contribution >= 4 is 27.9 Å². The first-order valence-electron chi connectivity index (χ1n) is 14.3. The van der Waals surface area contributed by atoms with Crippen molar-refractivity contribution in [2.75, 3.05) is 11.4 Å². The van der Waals surface area contributed by atoms with Gasteiger partial charge in [0.1, 0.15) is 18.0 Å². The molecule has 0 aliphatic heterocycles. The first-order valence-corrected chi connectivity index (χ1v) is 15.8. The van der Waals surface area contributed by atoms with Crippen LogP contribution >= 0.6 is 0 Å². The molecule has 10 nitrogen and oxygen atoms in total. The number of carbonyl (C=O) groups is 2. The number of carbonyl (C=O) groups excluding carboxylic acids is 1. The van der Waals surface area contributed by atoms with E-state index in [-0.39, 0.29) is 29.3 Å². The Morgan fingerprint density at radius 3 is 2.21 bits per heavy atom. The lowest BCUT2D eigenvalue weighted by Gasteiger charge is -2.27. The number of carboxylic acid groups (broad SMARTS) is 1. The van der Waals surface area contributed by atoms with Gasteiger partial charge in [0.25, 0.3) is 10.0 Å². The highest BCUT2D eigenvalue weighted by Gasteiger charge is 2.29. The highest BCUT2D eigenvalue weighted by Crippen LogP contribution is 2.30. The maximum Gasteiger partial charge on any atom is 0.416 e. The van der Waals surface area contributed by atoms with E-state index in [9.17, 15) is 23.1 Å². The Hall–Kier alpha value is -3.83. The van der Waals surface area contributed by atoms with E-state index in [2.05, 4.69) is 30.7 Å². The fraction of sp³-hybridized carbons (Fsp3) is 0.438. The first kappa shape index (κ1) is 33.7. The lowest BCUT2D eigenvalue weighted by atomic mass is 9.80. The topological polar surface area (TPSA) is 130 Å². The van der Waals surface area contributed by atoms with E-state index in [1.807, 2.05) is 24.3 Å². The molecule has 0 spiro atoms. The third kappa shape index (κ3) is 9.59. The molecule has 1 N–H and O–H groups in total. The number of aromatic nitrogens is 2. The summed E-state index contributed by atoms with van der Waals surface area (Å²) in [5.74, 6) is -1.22. The number of nitrogens with zero attached hydrogens (tertiary/aromatic N) is 4. The van der Waals surface area contributed by atoms with Gasteiger partial charge < -0.3 is 9.84 Å². The van der Waals surface area contributed by atoms with Crippen LogP contribution < -0.4 is 4.90 Å². The van der Waals surface area contributed by atoms with Gasteiger partial charge in [-0.25, -0.2) is 23.2 Å². The summed E-state index contributed by atoms with van der Waals surface area (Å²) < 4.78 is 34.2. The van der Waals surface area contributed by atoms with Gasteiger partial charge in [-0.05, 0) is 68.0 Å². The molecule has 3 rings (SSSR count). The Balaban J connectivity index is 1.96. The number of hydrogen-bond acceptors (Lipinski definition) is 7. The molecule has 0 fully saturated rings. The fourth-order valence-electron chi connectivity index (χ4n) is 4.46. The van der Waals surface area contributed by atoms with E-state index in [1.54, 1.807) is 45.0 Å². The SMILES string of the molecule is CCCCC(C)(C)c1ccc(CN(Cc2cccc(N(CC(=O)O)C(=O)OC(C)(C)C)n2)S(=O)(=O)c2ccccn2)cc1. The molecule has 232 valence electrons. The monoisotopic (exact) mass is 610 g/mol. The van der Waals surface area contributed by atoms with Crippen LogP contribution in [0.2, 0.25) is 0 Å². The number of rotatable bonds is 13. The van der Waals surface area contributed by atoms with E-state index in [4.69, 9.17) is 4.74 Å². The smallest absolute Gasteiger partial charge is 0.416 e. The van der Waals surface area contributed by atoms with Crippen LogP contribution in [0.4, 0.5) is 10.6 Å². The zero-order valence-electron chi connectivity index (χ0n) is 25.8. The Bertz CT molecular complexity index is 1490. The molecule has 0 aliphatic rings. The largest absolute Gasteiger partial charge is 0.480 e. The predicted molar refractivity (Wildman–Crippen MR) is 165 cm³/mol. The molecule has 2 heterocycles. The van der Waals surface area contributed by atoms with Crippen molar-refractivity contribution in [2.45, 2.75) is 89.9 Å². The molecule has 2 aromatic heterocycles. The standard InChI is InChI=1S/C32H42N4O6S/c1-7-8-19-32(5,6)25-17-15-24(16-18-25)21-35(43(40,41)28-14-9-10-20-33-28)22-26-12-11-13-27(34-26)36(23-29(37)38)30(39)42-31(2,3)4/h9-18,20H,7-8,19,21-23H2,1-6H3,(H,37,38). The van der Waals surface area contributed by atoms with Crippen molar-refractivity contribution in [3.63, 3.8) is 0 Å². The number of pyridine rings is 2. The summed E-state index contributed by atoms with van der Waals surface area (Å²) in [5, 5.41) is 9.34. The van der Waals surface area contributed by atoms with E-state index in [0.29, 0.717) is 5.69 Å². The Morgan fingerprint density at radius 2 is 1.63 bits per heavy atom. The van der Waals surface area contributed by atoms with E-state index < -0.39 is 34.2 Å². The molecule has 0 aliphatic carbocycles. The highest BCUT2D eigenvalue weighted by atomic mass is 32.2. The van der Waals surface area contributed by atoms with Crippen LogP contribution in [0.15, 0.2) is 71.9 Å². The summed E-state index contributed by atoms with van der Waals surface area (Å²) in [6.45, 7) is 10.8. The Kier molecular flexibility index (Phi) is 11.0. The number of benzene rings is 1. The number of amides is 1. The predicted octanol–water partition coefficient (Wildman–Crippen LogP) is 6.16. The molecule has 0 radical (unpaired) electrons. The van der Waals surface area contributed by atoms with Crippen LogP contribution in [0.5, 0.6) is 0 Å². The van der Waals surface area contributed by atoms with Gasteiger partial charge in [-0.15, -0.1) is 0 Å². The summed E-state index contributed by atoms with van der Waals surface area (Å²) in [7, 11) is -4.06. The average molecular weight is 611 g/mol. The quantitative estimate of drug-likeness (QED) is 0.244. The molecular weight excluding hydrogens is 568 g/mol. The van der Waals surface area contributed by atoms with Crippen LogP contribution in [-0.4, -0.2) is 52.0 Å². The van der Waals surface area contributed by atoms with Gasteiger partial charge >= 0.3 is 12.1 Å². The van der Waals surface area contributed by atoms with Gasteiger partial charge in [0.2, 0.25) is 0 Å². The third-order valence-corrected chi connectivity index (χ3v) is 8.51. The molecule has 3 aromatic rings. The highest BCUT2D eigenvalue weighted by molar-refractivity contribution is 7.89. The summed E-state index contributed by atoms with van der Waals surface area (Å²) in [5.41, 5.74) is 1.41. The maximum absolute atomic E-state index is 13.8. The number of hydrogen-bond donors (Lipinski definition) is 1. The van der Waals surface area contributed by atoms with Gasteiger partial charge in [-0.1, -0.05) is 70.0 Å². The molecule has 0 saturated heterocycles. The zero-order chi connectivity index (χ0) is 31.8. The van der Waals surface area contributed by atoms with Crippen LogP contribution in [0.25, 0.3) is 0 Å². The van der Waals surface area contributed by atoms with Crippen molar-refractivity contribution in [3.8, 4) is 0 Å². The summed E-state index contributed by atoms with van der Waals surface area (Å²) in [6.07, 6.45) is 3.83. The second-order valence-electron chi connectivity index (χ2n) is 12.1. The van der Waals surface area contributed by atoms with Crippen LogP contribution in [0.3, 0.4) is 0 Å². The zero-order valence-corrected chi connectivity index (χ0v) is 26.6. The van der Waals surface area contributed by atoms with Gasteiger partial charge in [0.15, 0.2) is 5.03 Å². The lowest BCUT2D eigenvalue weighted by Crippen LogP contribution is -2.40. The van der Waals surface area contributed by atoms with Crippen molar-refractivity contribution < 1.29 is 27.9 Å². The third-order valence-electron chi connectivity index (χ3n) is 6.81. The Morgan fingerprint density at radius 1 is 0.930 bits per heavy atom. The minimum atomic E-state index is -4.06. The number of unbranched alkanes of at least 4 members (excludes halogenated alkanes) is 1. The van der Waals surface area contributed by atoms with Gasteiger partial charge in [0, 0.05) is 12.7 Å². The first-order chi connectivity index (χ1) is 20.1. The maximum atomic E-state index is 13.8. The van der Waals surface area contributed by atoms with Crippen molar-refractivity contribution in [3.05, 3.63) is 83.7 Å². The number of anilines is 1. The van der Waals surface area contributed by atoms with Gasteiger partial charge in [-0.3, -0.25) is 9.69 Å². The second kappa shape index (κ2) is 14.1. The van der Waals surface area contributed by atoms with Gasteiger partial charge in [-0.2, -0.15) is 4.31 Å². The van der Waals surface area contributed by atoms with Crippen LogP contribution in [-0.2, 0) is 38.1 Å². The molecule has 0 atom stereocenters. The summed E-state index contributed by atoms with van der Waals surface area (Å²) in [6, 6.07) is 17.3. The number of sulfonamides is 1. The minimum Gasteiger partial charge on any atom is -0.480 e. The lowest BCUT2D eigenvalue weighted by molar-refractivity contribution is -0.135. The van der Waals surface area contributed by atoms with E-state index in [0.717, 1.165) is 29.7 Å². The summed E-state index contributed by atoms with van der Waals surface area (Å²) >= 11 is 0. The average Bonchev–Trinajstić information content (AvgIpc) is 2.94. The molecule has 43 heavy (non-hydrogen) atoms. The number of aliphatic carboxylic acids is 1. The molecular formula is C32H42N4O6S. The molecule has 0 unspecified atom stereocenters. The van der Waals surface area contributed by atoms with Crippen LogP contribution in [0.1, 0.15) is 77.6 Å². The fourth-order valence-corrected chi connectivity index (χ4v) is 5.79. The summed E-state index contributed by atoms with van der Waals surface area (Å²) in [4.78, 5) is 33.9.